The summed E-state index contributed by atoms with van der Waals surface area (Å²) >= 11 is 5.68. The first-order valence-corrected chi connectivity index (χ1v) is 4.70. The van der Waals surface area contributed by atoms with E-state index in [2.05, 4.69) is 9.97 Å². The highest BCUT2D eigenvalue weighted by molar-refractivity contribution is 6.32. The largest absolute Gasteiger partial charge is 0.424 e. The van der Waals surface area contributed by atoms with Crippen molar-refractivity contribution in [1.29, 1.82) is 0 Å². The standard InChI is InChI=1S/C9H5ClF3N3O/c10-7-5(6-3-16-8(14)17-6)1-4(2-15-7)9(11,12)13/h1-3H,(H2,14,16). The Balaban J connectivity index is 2.54. The molecular formula is C9H5ClF3N3O. The fraction of sp³-hybridized carbons (Fsp3) is 0.111. The first-order valence-electron chi connectivity index (χ1n) is 4.32. The maximum atomic E-state index is 12.5. The van der Waals surface area contributed by atoms with Crippen LogP contribution < -0.4 is 5.73 Å². The van der Waals surface area contributed by atoms with Gasteiger partial charge in [-0.2, -0.15) is 13.2 Å². The van der Waals surface area contributed by atoms with Gasteiger partial charge < -0.3 is 10.2 Å². The Bertz CT molecular complexity index is 553. The Morgan fingerprint density at radius 3 is 2.47 bits per heavy atom. The predicted octanol–water partition coefficient (Wildman–Crippen LogP) is 2.99. The zero-order valence-corrected chi connectivity index (χ0v) is 8.88. The van der Waals surface area contributed by atoms with Gasteiger partial charge in [0.1, 0.15) is 5.15 Å². The van der Waals surface area contributed by atoms with Gasteiger partial charge in [-0.25, -0.2) is 9.97 Å². The zero-order valence-electron chi connectivity index (χ0n) is 8.12. The molecular weight excluding hydrogens is 259 g/mol. The minimum Gasteiger partial charge on any atom is -0.424 e. The van der Waals surface area contributed by atoms with Gasteiger partial charge in [0.2, 0.25) is 0 Å². The summed E-state index contributed by atoms with van der Waals surface area (Å²) in [5.74, 6) is 0.0334. The van der Waals surface area contributed by atoms with Gasteiger partial charge in [-0.05, 0) is 6.07 Å². The molecule has 0 spiro atoms. The van der Waals surface area contributed by atoms with Gasteiger partial charge in [0.05, 0.1) is 17.3 Å². The second-order valence-electron chi connectivity index (χ2n) is 3.12. The fourth-order valence-corrected chi connectivity index (χ4v) is 1.38. The molecule has 0 saturated heterocycles. The molecule has 0 aromatic carbocycles. The monoisotopic (exact) mass is 263 g/mol. The highest BCUT2D eigenvalue weighted by atomic mass is 35.5. The minimum atomic E-state index is -4.50. The summed E-state index contributed by atoms with van der Waals surface area (Å²) in [5, 5.41) is -0.117. The molecule has 2 N–H and O–H groups in total. The Kier molecular flexibility index (Phi) is 2.70. The van der Waals surface area contributed by atoms with Gasteiger partial charge in [-0.3, -0.25) is 0 Å². The molecule has 8 heteroatoms. The van der Waals surface area contributed by atoms with Crippen LogP contribution in [0.25, 0.3) is 11.3 Å². The van der Waals surface area contributed by atoms with Crippen molar-refractivity contribution in [1.82, 2.24) is 9.97 Å². The fourth-order valence-electron chi connectivity index (χ4n) is 1.19. The van der Waals surface area contributed by atoms with E-state index in [1.165, 1.54) is 6.20 Å². The SMILES string of the molecule is Nc1ncc(-c2cc(C(F)(F)F)cnc2Cl)o1. The number of aromatic nitrogens is 2. The highest BCUT2D eigenvalue weighted by Gasteiger charge is 2.32. The zero-order chi connectivity index (χ0) is 12.6. The van der Waals surface area contributed by atoms with Crippen molar-refractivity contribution in [2.24, 2.45) is 0 Å². The number of oxazole rings is 1. The third-order valence-corrected chi connectivity index (χ3v) is 2.26. The molecule has 90 valence electrons. The Hall–Kier alpha value is -1.76. The van der Waals surface area contributed by atoms with Crippen LogP contribution in [0.3, 0.4) is 0 Å². The summed E-state index contributed by atoms with van der Waals surface area (Å²) < 4.78 is 42.3. The summed E-state index contributed by atoms with van der Waals surface area (Å²) in [6, 6.07) is 0.670. The number of anilines is 1. The molecule has 2 aromatic heterocycles. The molecule has 0 aliphatic carbocycles. The predicted molar refractivity (Wildman–Crippen MR) is 54.2 cm³/mol. The lowest BCUT2D eigenvalue weighted by molar-refractivity contribution is -0.137. The van der Waals surface area contributed by atoms with Crippen molar-refractivity contribution in [3.05, 3.63) is 29.2 Å². The summed E-state index contributed by atoms with van der Waals surface area (Å²) in [6.07, 6.45) is -2.68. The third kappa shape index (κ3) is 2.33. The molecule has 0 amide bonds. The van der Waals surface area contributed by atoms with Crippen LogP contribution in [0.5, 0.6) is 0 Å². The summed E-state index contributed by atoms with van der Waals surface area (Å²) in [6.45, 7) is 0. The summed E-state index contributed by atoms with van der Waals surface area (Å²) in [5.41, 5.74) is 4.29. The molecule has 2 rings (SSSR count). The average molecular weight is 264 g/mol. The normalized spacial score (nSPS) is 11.8. The molecule has 0 saturated carbocycles. The van der Waals surface area contributed by atoms with Crippen molar-refractivity contribution in [3.63, 3.8) is 0 Å². The van der Waals surface area contributed by atoms with Gasteiger partial charge in [-0.1, -0.05) is 11.6 Å². The van der Waals surface area contributed by atoms with Crippen LogP contribution in [0.1, 0.15) is 5.56 Å². The van der Waals surface area contributed by atoms with Crippen molar-refractivity contribution >= 4 is 17.6 Å². The van der Waals surface area contributed by atoms with Crippen LogP contribution in [0.15, 0.2) is 22.9 Å². The molecule has 17 heavy (non-hydrogen) atoms. The number of hydrogen-bond acceptors (Lipinski definition) is 4. The van der Waals surface area contributed by atoms with Crippen LogP contribution in [-0.2, 0) is 6.18 Å². The second kappa shape index (κ2) is 3.92. The van der Waals surface area contributed by atoms with Gasteiger partial charge >= 0.3 is 6.18 Å². The smallest absolute Gasteiger partial charge is 0.417 e. The van der Waals surface area contributed by atoms with Gasteiger partial charge in [0.15, 0.2) is 5.76 Å². The molecule has 0 aliphatic rings. The Labute approximate surface area is 98.2 Å². The van der Waals surface area contributed by atoms with E-state index in [4.69, 9.17) is 21.8 Å². The molecule has 0 fully saturated rings. The molecule has 2 aromatic rings. The third-order valence-electron chi connectivity index (χ3n) is 1.96. The maximum Gasteiger partial charge on any atom is 0.417 e. The second-order valence-corrected chi connectivity index (χ2v) is 3.48. The Morgan fingerprint density at radius 2 is 1.94 bits per heavy atom. The van der Waals surface area contributed by atoms with Crippen LogP contribution in [0.2, 0.25) is 5.15 Å². The Morgan fingerprint density at radius 1 is 1.24 bits per heavy atom. The summed E-state index contributed by atoms with van der Waals surface area (Å²) in [7, 11) is 0. The first-order chi connectivity index (χ1) is 7.88. The van der Waals surface area contributed by atoms with Crippen molar-refractivity contribution in [2.45, 2.75) is 6.18 Å². The molecule has 0 bridgehead atoms. The molecule has 4 nitrogen and oxygen atoms in total. The topological polar surface area (TPSA) is 64.9 Å². The van der Waals surface area contributed by atoms with E-state index in [-0.39, 0.29) is 22.5 Å². The van der Waals surface area contributed by atoms with Crippen molar-refractivity contribution < 1.29 is 17.6 Å². The van der Waals surface area contributed by atoms with E-state index < -0.39 is 11.7 Å². The van der Waals surface area contributed by atoms with E-state index in [0.717, 1.165) is 6.07 Å². The number of nitrogen functional groups attached to an aromatic ring is 1. The summed E-state index contributed by atoms with van der Waals surface area (Å²) in [4.78, 5) is 7.02. The number of alkyl halides is 3. The van der Waals surface area contributed by atoms with Gasteiger partial charge in [0, 0.05) is 6.20 Å². The minimum absolute atomic E-state index is 0.00862. The van der Waals surface area contributed by atoms with E-state index in [1.54, 1.807) is 0 Å². The molecule has 0 unspecified atom stereocenters. The van der Waals surface area contributed by atoms with E-state index in [0.29, 0.717) is 6.20 Å². The van der Waals surface area contributed by atoms with Crippen LogP contribution in [0, 0.1) is 0 Å². The van der Waals surface area contributed by atoms with E-state index >= 15 is 0 Å². The first kappa shape index (κ1) is 11.7. The van der Waals surface area contributed by atoms with Crippen LogP contribution >= 0.6 is 11.6 Å². The lowest BCUT2D eigenvalue weighted by Crippen LogP contribution is -2.05. The van der Waals surface area contributed by atoms with E-state index in [9.17, 15) is 13.2 Å². The number of hydrogen-bond donors (Lipinski definition) is 1. The average Bonchev–Trinajstić information content (AvgIpc) is 2.63. The van der Waals surface area contributed by atoms with Crippen LogP contribution in [0.4, 0.5) is 19.2 Å². The molecule has 0 aliphatic heterocycles. The number of halogens is 4. The molecule has 0 radical (unpaired) electrons. The number of pyridine rings is 1. The molecule has 2 heterocycles. The maximum absolute atomic E-state index is 12.5. The number of rotatable bonds is 1. The van der Waals surface area contributed by atoms with Gasteiger partial charge in [-0.15, -0.1) is 0 Å². The lowest BCUT2D eigenvalue weighted by Gasteiger charge is -2.07. The quantitative estimate of drug-likeness (QED) is 0.803. The van der Waals surface area contributed by atoms with Crippen LogP contribution in [-0.4, -0.2) is 9.97 Å². The number of nitrogens with zero attached hydrogens (tertiary/aromatic N) is 2. The molecule has 0 atom stereocenters. The lowest BCUT2D eigenvalue weighted by atomic mass is 10.2. The van der Waals surface area contributed by atoms with E-state index in [1.807, 2.05) is 0 Å². The highest BCUT2D eigenvalue weighted by Crippen LogP contribution is 2.34. The van der Waals surface area contributed by atoms with Crippen molar-refractivity contribution in [3.8, 4) is 11.3 Å². The number of nitrogens with two attached hydrogens (primary N) is 1. The van der Waals surface area contributed by atoms with Gasteiger partial charge in [0.25, 0.3) is 6.01 Å². The van der Waals surface area contributed by atoms with Crippen molar-refractivity contribution in [2.75, 3.05) is 5.73 Å².